The van der Waals surface area contributed by atoms with Crippen molar-refractivity contribution in [2.75, 3.05) is 0 Å². The highest BCUT2D eigenvalue weighted by Gasteiger charge is 2.24. The molecule has 0 aromatic heterocycles. The lowest BCUT2D eigenvalue weighted by molar-refractivity contribution is -0.157. The van der Waals surface area contributed by atoms with E-state index in [1.54, 1.807) is 41.5 Å². The highest BCUT2D eigenvalue weighted by Crippen LogP contribution is 2.12. The minimum atomic E-state index is -0.795. The van der Waals surface area contributed by atoms with E-state index < -0.39 is 23.2 Å². The molecule has 0 aliphatic rings. The van der Waals surface area contributed by atoms with Gasteiger partial charge in [-0.3, -0.25) is 9.59 Å². The van der Waals surface area contributed by atoms with Gasteiger partial charge in [-0.25, -0.2) is 0 Å². The Morgan fingerprint density at radius 2 is 1.42 bits per heavy atom. The Kier molecular flexibility index (Phi) is 7.91. The Balaban J connectivity index is 0. The van der Waals surface area contributed by atoms with Crippen LogP contribution in [-0.4, -0.2) is 29.2 Å². The molecule has 0 heterocycles. The topological polar surface area (TPSA) is 109 Å². The molecule has 0 saturated heterocycles. The first-order chi connectivity index (χ1) is 7.91. The molecule has 0 fully saturated rings. The van der Waals surface area contributed by atoms with E-state index in [0.717, 1.165) is 0 Å². The smallest absolute Gasteiger partial charge is 0.323 e. The van der Waals surface area contributed by atoms with Gasteiger partial charge in [0.15, 0.2) is 0 Å². The Bertz CT molecular complexity index is 303. The molecule has 0 saturated carbocycles. The van der Waals surface area contributed by atoms with Crippen LogP contribution in [0.2, 0.25) is 0 Å². The molecule has 0 aliphatic carbocycles. The third kappa shape index (κ3) is 11.7. The van der Waals surface area contributed by atoms with Gasteiger partial charge >= 0.3 is 11.9 Å². The fourth-order valence-electron chi connectivity index (χ4n) is 1.16. The molecule has 1 atom stereocenters. The monoisotopic (exact) mass is 273 g/mol. The van der Waals surface area contributed by atoms with Crippen molar-refractivity contribution >= 4 is 11.9 Å². The van der Waals surface area contributed by atoms with Gasteiger partial charge in [0.2, 0.25) is 0 Å². The maximum absolute atomic E-state index is 11.6. The van der Waals surface area contributed by atoms with E-state index in [0.29, 0.717) is 0 Å². The standard InChI is InChI=1S/C13H25NO4.N/c1-12(2,3)17-10(15)8-7-9(14)11(16)18-13(4,5)6;/h9H,7-8,14H2,1-6H3;/t9-;/m0./s1. The minimum Gasteiger partial charge on any atom is -0.460 e. The molecule has 0 aromatic rings. The number of carbonyl (C=O) groups excluding carboxylic acids is 2. The number of carbonyl (C=O) groups is 2. The van der Waals surface area contributed by atoms with Crippen LogP contribution in [0.25, 0.3) is 0 Å². The van der Waals surface area contributed by atoms with Crippen LogP contribution in [0.15, 0.2) is 0 Å². The third-order valence-electron chi connectivity index (χ3n) is 1.79. The Morgan fingerprint density at radius 1 is 1.00 bits per heavy atom. The summed E-state index contributed by atoms with van der Waals surface area (Å²) in [6.07, 6.45) is 0.335. The number of nitrogens with zero attached hydrogens (tertiary/aromatic N) is 1. The first kappa shape index (κ1) is 20.2. The molecule has 0 unspecified atom stereocenters. The summed E-state index contributed by atoms with van der Waals surface area (Å²) in [5.74, 6) is -0.854. The van der Waals surface area contributed by atoms with Crippen LogP contribution >= 0.6 is 0 Å². The zero-order valence-electron chi connectivity index (χ0n) is 12.6. The van der Waals surface area contributed by atoms with Crippen molar-refractivity contribution in [1.82, 2.24) is 6.15 Å². The predicted octanol–water partition coefficient (Wildman–Crippen LogP) is 1.30. The number of rotatable bonds is 4. The molecule has 0 spiro atoms. The Hall–Kier alpha value is -1.14. The Morgan fingerprint density at radius 3 is 1.79 bits per heavy atom. The summed E-state index contributed by atoms with van der Waals surface area (Å²) in [4.78, 5) is 23.0. The van der Waals surface area contributed by atoms with E-state index in [1.165, 1.54) is 0 Å². The lowest BCUT2D eigenvalue weighted by Crippen LogP contribution is -2.38. The highest BCUT2D eigenvalue weighted by molar-refractivity contribution is 5.77. The molecule has 0 bridgehead atoms. The first-order valence-corrected chi connectivity index (χ1v) is 6.11. The van der Waals surface area contributed by atoms with E-state index in [2.05, 4.69) is 0 Å². The lowest BCUT2D eigenvalue weighted by Gasteiger charge is -2.22. The van der Waals surface area contributed by atoms with Crippen LogP contribution in [0.1, 0.15) is 54.4 Å². The third-order valence-corrected chi connectivity index (χ3v) is 1.79. The zero-order valence-corrected chi connectivity index (χ0v) is 12.6. The summed E-state index contributed by atoms with van der Waals surface area (Å²) in [5.41, 5.74) is 4.56. The predicted molar refractivity (Wildman–Crippen MR) is 71.0 cm³/mol. The summed E-state index contributed by atoms with van der Waals surface area (Å²) < 4.78 is 10.2. The first-order valence-electron chi connectivity index (χ1n) is 6.11. The van der Waals surface area contributed by atoms with Crippen molar-refractivity contribution in [3.8, 4) is 0 Å². The van der Waals surface area contributed by atoms with E-state index in [9.17, 15) is 9.59 Å². The van der Waals surface area contributed by atoms with Crippen LogP contribution in [0.3, 0.4) is 0 Å². The molecular formula is C13H25N2O4. The highest BCUT2D eigenvalue weighted by atomic mass is 16.6. The average molecular weight is 273 g/mol. The van der Waals surface area contributed by atoms with Crippen molar-refractivity contribution in [1.29, 1.82) is 0 Å². The molecule has 3 radical (unpaired) electrons. The van der Waals surface area contributed by atoms with Crippen LogP contribution in [0.4, 0.5) is 0 Å². The summed E-state index contributed by atoms with van der Waals surface area (Å²) in [7, 11) is 0. The fraction of sp³-hybridized carbons (Fsp3) is 0.846. The van der Waals surface area contributed by atoms with Crippen LogP contribution in [0.5, 0.6) is 0 Å². The van der Waals surface area contributed by atoms with E-state index in [1.807, 2.05) is 0 Å². The molecule has 111 valence electrons. The largest absolute Gasteiger partial charge is 0.460 e. The van der Waals surface area contributed by atoms with Gasteiger partial charge in [0, 0.05) is 12.6 Å². The van der Waals surface area contributed by atoms with Crippen molar-refractivity contribution in [2.45, 2.75) is 71.6 Å². The van der Waals surface area contributed by atoms with Gasteiger partial charge in [-0.1, -0.05) is 0 Å². The number of nitrogens with two attached hydrogens (primary N) is 1. The molecular weight excluding hydrogens is 248 g/mol. The van der Waals surface area contributed by atoms with Gasteiger partial charge in [-0.2, -0.15) is 0 Å². The van der Waals surface area contributed by atoms with Crippen LogP contribution in [-0.2, 0) is 19.1 Å². The minimum absolute atomic E-state index is 0. The molecule has 0 amide bonds. The van der Waals surface area contributed by atoms with Crippen molar-refractivity contribution in [3.63, 3.8) is 0 Å². The summed E-state index contributed by atoms with van der Waals surface area (Å²) in [6, 6.07) is -0.795. The number of hydrogen-bond donors (Lipinski definition) is 1. The number of esters is 2. The maximum Gasteiger partial charge on any atom is 0.323 e. The maximum atomic E-state index is 11.6. The molecule has 0 aliphatic heterocycles. The lowest BCUT2D eigenvalue weighted by atomic mass is 10.1. The van der Waals surface area contributed by atoms with Crippen LogP contribution in [0, 0.1) is 0 Å². The SMILES string of the molecule is CC(C)(C)OC(=O)CC[C@H](N)C(=O)OC(C)(C)C.[N]. The zero-order chi connectivity index (χ0) is 14.6. The molecule has 0 rings (SSSR count). The Labute approximate surface area is 115 Å². The summed E-state index contributed by atoms with van der Waals surface area (Å²) >= 11 is 0. The molecule has 2 N–H and O–H groups in total. The van der Waals surface area contributed by atoms with E-state index in [-0.39, 0.29) is 25.0 Å². The van der Waals surface area contributed by atoms with Crippen LogP contribution < -0.4 is 11.9 Å². The second kappa shape index (κ2) is 7.45. The summed E-state index contributed by atoms with van der Waals surface area (Å²) in [6.45, 7) is 10.7. The number of ether oxygens (including phenoxy) is 2. The van der Waals surface area contributed by atoms with E-state index in [4.69, 9.17) is 15.2 Å². The second-order valence-corrected chi connectivity index (χ2v) is 6.27. The normalized spacial score (nSPS) is 13.2. The van der Waals surface area contributed by atoms with Crippen molar-refractivity contribution in [3.05, 3.63) is 0 Å². The summed E-state index contributed by atoms with van der Waals surface area (Å²) in [5, 5.41) is 0. The second-order valence-electron chi connectivity index (χ2n) is 6.27. The van der Waals surface area contributed by atoms with E-state index >= 15 is 0 Å². The van der Waals surface area contributed by atoms with Gasteiger partial charge in [0.05, 0.1) is 0 Å². The molecule has 6 nitrogen and oxygen atoms in total. The fourth-order valence-corrected chi connectivity index (χ4v) is 1.16. The van der Waals surface area contributed by atoms with Gasteiger partial charge in [-0.05, 0) is 48.0 Å². The van der Waals surface area contributed by atoms with Gasteiger partial charge in [0.25, 0.3) is 0 Å². The number of hydrogen-bond acceptors (Lipinski definition) is 5. The van der Waals surface area contributed by atoms with Crippen molar-refractivity contribution < 1.29 is 19.1 Å². The molecule has 6 heteroatoms. The van der Waals surface area contributed by atoms with Gasteiger partial charge < -0.3 is 15.2 Å². The average Bonchev–Trinajstić information content (AvgIpc) is 2.08. The molecule has 19 heavy (non-hydrogen) atoms. The molecule has 0 aromatic carbocycles. The van der Waals surface area contributed by atoms with Crippen molar-refractivity contribution in [2.24, 2.45) is 5.73 Å². The quantitative estimate of drug-likeness (QED) is 0.776. The van der Waals surface area contributed by atoms with Gasteiger partial charge in [-0.15, -0.1) is 0 Å². The van der Waals surface area contributed by atoms with Gasteiger partial charge in [0.1, 0.15) is 17.2 Å².